The van der Waals surface area contributed by atoms with E-state index >= 15 is 0 Å². The number of sulfone groups is 1. The van der Waals surface area contributed by atoms with Gasteiger partial charge in [-0.2, -0.15) is 5.10 Å². The van der Waals surface area contributed by atoms with Gasteiger partial charge in [0.25, 0.3) is 0 Å². The number of benzene rings is 2. The summed E-state index contributed by atoms with van der Waals surface area (Å²) in [7, 11) is -3.27. The highest BCUT2D eigenvalue weighted by atomic mass is 32.2. The average molecular weight is 460 g/mol. The predicted octanol–water partition coefficient (Wildman–Crippen LogP) is 5.37. The van der Waals surface area contributed by atoms with Gasteiger partial charge in [0, 0.05) is 29.0 Å². The van der Waals surface area contributed by atoms with Crippen LogP contribution in [0.25, 0.3) is 23.1 Å². The van der Waals surface area contributed by atoms with Crippen LogP contribution in [-0.4, -0.2) is 33.8 Å². The normalized spacial score (nSPS) is 15.3. The maximum atomic E-state index is 12.9. The topological polar surface area (TPSA) is 101 Å². The van der Waals surface area contributed by atoms with Crippen molar-refractivity contribution in [2.24, 2.45) is 0 Å². The molecule has 1 fully saturated rings. The monoisotopic (exact) mass is 459 g/mol. The number of nitrogens with one attached hydrogen (secondary N) is 2. The minimum absolute atomic E-state index is 0.254. The van der Waals surface area contributed by atoms with Crippen LogP contribution in [0, 0.1) is 0 Å². The highest BCUT2D eigenvalue weighted by molar-refractivity contribution is 7.92. The minimum atomic E-state index is -3.27. The quantitative estimate of drug-likeness (QED) is 0.402. The van der Waals surface area contributed by atoms with E-state index in [1.807, 2.05) is 24.3 Å². The molecule has 0 unspecified atom stereocenters. The second-order valence-electron chi connectivity index (χ2n) is 8.34. The lowest BCUT2D eigenvalue weighted by Crippen LogP contribution is -2.24. The van der Waals surface area contributed by atoms with Gasteiger partial charge in [-0.15, -0.1) is 0 Å². The molecule has 7 nitrogen and oxygen atoms in total. The summed E-state index contributed by atoms with van der Waals surface area (Å²) in [4.78, 5) is 9.12. The predicted molar refractivity (Wildman–Crippen MR) is 131 cm³/mol. The molecule has 0 bridgehead atoms. The minimum Gasteiger partial charge on any atom is -0.324 e. The van der Waals surface area contributed by atoms with Gasteiger partial charge in [-0.3, -0.25) is 5.10 Å². The van der Waals surface area contributed by atoms with Crippen molar-refractivity contribution in [3.05, 3.63) is 72.2 Å². The zero-order chi connectivity index (χ0) is 22.7. The Labute approximate surface area is 192 Å². The molecular formula is C25H25N5O2S. The fourth-order valence-corrected chi connectivity index (χ4v) is 6.03. The maximum Gasteiger partial charge on any atom is 0.227 e. The standard InChI is InChI=1S/C25H25N5O2S/c31-33(32,22-4-2-1-3-5-22)23-11-9-21(10-12-23)29-25-26-15-19(16-27-25)7-6-18-8-13-24-20(14-18)17-28-30-24/h6-17,22H,1-5H2,(H,28,30)(H,26,27,29)/b7-6+. The van der Waals surface area contributed by atoms with Crippen LogP contribution in [0.2, 0.25) is 0 Å². The number of hydrogen-bond donors (Lipinski definition) is 2. The number of anilines is 2. The molecule has 168 valence electrons. The van der Waals surface area contributed by atoms with Crippen molar-refractivity contribution in [1.29, 1.82) is 0 Å². The van der Waals surface area contributed by atoms with Gasteiger partial charge in [-0.05, 0) is 54.8 Å². The van der Waals surface area contributed by atoms with Crippen molar-refractivity contribution in [2.45, 2.75) is 42.2 Å². The zero-order valence-corrected chi connectivity index (χ0v) is 18.9. The summed E-state index contributed by atoms with van der Waals surface area (Å²) in [5.74, 6) is 0.454. The fourth-order valence-electron chi connectivity index (χ4n) is 4.17. The molecule has 1 aliphatic carbocycles. The summed E-state index contributed by atoms with van der Waals surface area (Å²) in [6.45, 7) is 0. The number of nitrogens with zero attached hydrogens (tertiary/aromatic N) is 3. The first-order valence-corrected chi connectivity index (χ1v) is 12.7. The van der Waals surface area contributed by atoms with Crippen molar-refractivity contribution < 1.29 is 8.42 Å². The van der Waals surface area contributed by atoms with E-state index in [1.54, 1.807) is 42.9 Å². The highest BCUT2D eigenvalue weighted by Crippen LogP contribution is 2.29. The molecule has 0 spiro atoms. The van der Waals surface area contributed by atoms with Gasteiger partial charge in [0.2, 0.25) is 5.95 Å². The Balaban J connectivity index is 1.23. The molecule has 4 aromatic rings. The molecule has 2 aromatic heterocycles. The van der Waals surface area contributed by atoms with Gasteiger partial charge in [0.15, 0.2) is 9.84 Å². The molecule has 0 amide bonds. The van der Waals surface area contributed by atoms with Crippen LogP contribution in [0.3, 0.4) is 0 Å². The molecule has 5 rings (SSSR count). The van der Waals surface area contributed by atoms with Crippen molar-refractivity contribution in [3.63, 3.8) is 0 Å². The first kappa shape index (κ1) is 21.3. The summed E-state index contributed by atoms with van der Waals surface area (Å²) in [6, 6.07) is 12.9. The van der Waals surface area contributed by atoms with Gasteiger partial charge in [0.05, 0.1) is 21.9 Å². The van der Waals surface area contributed by atoms with Crippen molar-refractivity contribution in [3.8, 4) is 0 Å². The molecular weight excluding hydrogens is 434 g/mol. The van der Waals surface area contributed by atoms with E-state index in [-0.39, 0.29) is 5.25 Å². The van der Waals surface area contributed by atoms with Crippen molar-refractivity contribution in [1.82, 2.24) is 20.2 Å². The van der Waals surface area contributed by atoms with Crippen LogP contribution in [0.5, 0.6) is 0 Å². The lowest BCUT2D eigenvalue weighted by atomic mass is 10.0. The molecule has 1 saturated carbocycles. The Morgan fingerprint density at radius 3 is 2.36 bits per heavy atom. The zero-order valence-electron chi connectivity index (χ0n) is 18.1. The second-order valence-corrected chi connectivity index (χ2v) is 10.6. The van der Waals surface area contributed by atoms with Crippen LogP contribution in [-0.2, 0) is 9.84 Å². The summed E-state index contributed by atoms with van der Waals surface area (Å²) in [6.07, 6.45) is 13.9. The van der Waals surface area contributed by atoms with E-state index in [0.717, 1.165) is 59.8 Å². The number of aromatic nitrogens is 4. The number of fused-ring (bicyclic) bond motifs is 1. The molecule has 2 heterocycles. The Morgan fingerprint density at radius 2 is 1.61 bits per heavy atom. The molecule has 0 radical (unpaired) electrons. The van der Waals surface area contributed by atoms with Crippen LogP contribution < -0.4 is 5.32 Å². The van der Waals surface area contributed by atoms with E-state index in [1.165, 1.54) is 0 Å². The highest BCUT2D eigenvalue weighted by Gasteiger charge is 2.28. The fraction of sp³-hybridized carbons (Fsp3) is 0.240. The lowest BCUT2D eigenvalue weighted by molar-refractivity contribution is 0.483. The third-order valence-corrected chi connectivity index (χ3v) is 8.31. The Hall–Kier alpha value is -3.52. The SMILES string of the molecule is O=S(=O)(c1ccc(Nc2ncc(/C=C/c3ccc4[nH]ncc4c3)cn2)cc1)C1CCCCC1. The Morgan fingerprint density at radius 1 is 0.879 bits per heavy atom. The van der Waals surface area contributed by atoms with Crippen LogP contribution in [0.15, 0.2) is 66.0 Å². The summed E-state index contributed by atoms with van der Waals surface area (Å²) in [5, 5.41) is 10.9. The van der Waals surface area contributed by atoms with E-state index in [2.05, 4.69) is 31.5 Å². The van der Waals surface area contributed by atoms with Gasteiger partial charge >= 0.3 is 0 Å². The summed E-state index contributed by atoms with van der Waals surface area (Å²) >= 11 is 0. The molecule has 1 aliphatic rings. The van der Waals surface area contributed by atoms with E-state index in [0.29, 0.717) is 10.8 Å². The molecule has 33 heavy (non-hydrogen) atoms. The van der Waals surface area contributed by atoms with Crippen molar-refractivity contribution in [2.75, 3.05) is 5.32 Å². The van der Waals surface area contributed by atoms with Gasteiger partial charge in [0.1, 0.15) is 0 Å². The van der Waals surface area contributed by atoms with Gasteiger partial charge < -0.3 is 5.32 Å². The molecule has 0 saturated heterocycles. The van der Waals surface area contributed by atoms with Crippen LogP contribution in [0.4, 0.5) is 11.6 Å². The van der Waals surface area contributed by atoms with Gasteiger partial charge in [-0.25, -0.2) is 18.4 Å². The first-order chi connectivity index (χ1) is 16.1. The number of aromatic amines is 1. The second kappa shape index (κ2) is 9.15. The maximum absolute atomic E-state index is 12.9. The lowest BCUT2D eigenvalue weighted by Gasteiger charge is -2.21. The Bertz CT molecular complexity index is 1370. The molecule has 0 atom stereocenters. The molecule has 2 N–H and O–H groups in total. The third-order valence-electron chi connectivity index (χ3n) is 6.03. The summed E-state index contributed by atoms with van der Waals surface area (Å²) < 4.78 is 25.7. The van der Waals surface area contributed by atoms with Crippen molar-refractivity contribution >= 4 is 44.5 Å². The van der Waals surface area contributed by atoms with Gasteiger partial charge in [-0.1, -0.05) is 37.5 Å². The molecule has 8 heteroatoms. The Kier molecular flexibility index (Phi) is 5.92. The van der Waals surface area contributed by atoms with Crippen LogP contribution in [0.1, 0.15) is 43.2 Å². The molecule has 2 aromatic carbocycles. The summed E-state index contributed by atoms with van der Waals surface area (Å²) in [5.41, 5.74) is 3.69. The van der Waals surface area contributed by atoms with Crippen LogP contribution >= 0.6 is 0 Å². The third kappa shape index (κ3) is 4.80. The first-order valence-electron chi connectivity index (χ1n) is 11.1. The largest absolute Gasteiger partial charge is 0.324 e. The number of rotatable bonds is 6. The van der Waals surface area contributed by atoms with E-state index in [9.17, 15) is 8.42 Å². The average Bonchev–Trinajstić information content (AvgIpc) is 3.33. The smallest absolute Gasteiger partial charge is 0.227 e. The number of hydrogen-bond acceptors (Lipinski definition) is 6. The molecule has 0 aliphatic heterocycles. The van der Waals surface area contributed by atoms with E-state index in [4.69, 9.17) is 0 Å². The number of H-pyrrole nitrogens is 1. The van der Waals surface area contributed by atoms with E-state index < -0.39 is 9.84 Å².